The first-order valence-corrected chi connectivity index (χ1v) is 14.5. The summed E-state index contributed by atoms with van der Waals surface area (Å²) in [6.07, 6.45) is 7.08. The standard InChI is InChI=1S/C31H39N3O2S/c1-3-34(4-2)22-14-13-20-26(23-15-7-5-8-16-23)32-30(36)28-25-19-11-12-21-27(25)37-31(28)33-29(35)24-17-9-6-10-18-24/h5-10,15-18,26H,3-4,11-14,19-22H2,1-2H3,(H,32,36)(H,33,35). The van der Waals surface area contributed by atoms with Crippen molar-refractivity contribution in [2.45, 2.75) is 64.8 Å². The van der Waals surface area contributed by atoms with Crippen molar-refractivity contribution in [3.05, 3.63) is 87.8 Å². The molecule has 1 aromatic heterocycles. The second kappa shape index (κ2) is 13.5. The van der Waals surface area contributed by atoms with Gasteiger partial charge >= 0.3 is 0 Å². The number of benzene rings is 2. The number of fused-ring (bicyclic) bond motifs is 1. The second-order valence-corrected chi connectivity index (χ2v) is 10.8. The summed E-state index contributed by atoms with van der Waals surface area (Å²) in [5.41, 5.74) is 3.49. The maximum absolute atomic E-state index is 13.9. The monoisotopic (exact) mass is 517 g/mol. The molecule has 37 heavy (non-hydrogen) atoms. The highest BCUT2D eigenvalue weighted by Crippen LogP contribution is 2.39. The summed E-state index contributed by atoms with van der Waals surface area (Å²) in [5, 5.41) is 7.10. The molecule has 0 saturated carbocycles. The van der Waals surface area contributed by atoms with Gasteiger partial charge in [-0.2, -0.15) is 0 Å². The van der Waals surface area contributed by atoms with E-state index in [0.717, 1.165) is 75.7 Å². The molecule has 1 atom stereocenters. The van der Waals surface area contributed by atoms with E-state index in [0.29, 0.717) is 16.1 Å². The van der Waals surface area contributed by atoms with E-state index in [1.807, 2.05) is 36.4 Å². The first-order chi connectivity index (χ1) is 18.1. The minimum Gasteiger partial charge on any atom is -0.345 e. The summed E-state index contributed by atoms with van der Waals surface area (Å²) in [7, 11) is 0. The van der Waals surface area contributed by atoms with Crippen LogP contribution >= 0.6 is 11.3 Å². The molecule has 0 radical (unpaired) electrons. The van der Waals surface area contributed by atoms with Crippen molar-refractivity contribution in [2.75, 3.05) is 25.0 Å². The molecule has 2 aromatic carbocycles. The van der Waals surface area contributed by atoms with Crippen LogP contribution in [0.1, 0.15) is 88.7 Å². The van der Waals surface area contributed by atoms with E-state index in [1.54, 1.807) is 23.5 Å². The average Bonchev–Trinajstić information content (AvgIpc) is 3.31. The lowest BCUT2D eigenvalue weighted by atomic mass is 9.94. The van der Waals surface area contributed by atoms with Crippen molar-refractivity contribution in [3.63, 3.8) is 0 Å². The Bertz CT molecular complexity index is 1160. The smallest absolute Gasteiger partial charge is 0.256 e. The number of nitrogens with one attached hydrogen (secondary N) is 2. The van der Waals surface area contributed by atoms with Gasteiger partial charge in [0.15, 0.2) is 0 Å². The van der Waals surface area contributed by atoms with Crippen LogP contribution in [0.25, 0.3) is 0 Å². The van der Waals surface area contributed by atoms with Crippen LogP contribution in [0.2, 0.25) is 0 Å². The molecule has 196 valence electrons. The number of amides is 2. The summed E-state index contributed by atoms with van der Waals surface area (Å²) < 4.78 is 0. The Morgan fingerprint density at radius 2 is 1.57 bits per heavy atom. The Labute approximate surface area is 225 Å². The van der Waals surface area contributed by atoms with Crippen LogP contribution in [0.5, 0.6) is 0 Å². The number of rotatable bonds is 12. The quantitative estimate of drug-likeness (QED) is 0.258. The molecule has 5 nitrogen and oxygen atoms in total. The van der Waals surface area contributed by atoms with Gasteiger partial charge in [0.25, 0.3) is 11.8 Å². The van der Waals surface area contributed by atoms with Crippen LogP contribution in [0, 0.1) is 0 Å². The van der Waals surface area contributed by atoms with Crippen molar-refractivity contribution in [1.29, 1.82) is 0 Å². The first-order valence-electron chi connectivity index (χ1n) is 13.7. The number of aryl methyl sites for hydroxylation is 1. The third kappa shape index (κ3) is 7.08. The largest absolute Gasteiger partial charge is 0.345 e. The van der Waals surface area contributed by atoms with Gasteiger partial charge in [-0.1, -0.05) is 62.4 Å². The van der Waals surface area contributed by atoms with Crippen LogP contribution in [0.15, 0.2) is 60.7 Å². The van der Waals surface area contributed by atoms with Gasteiger partial charge in [-0.3, -0.25) is 9.59 Å². The van der Waals surface area contributed by atoms with Gasteiger partial charge in [-0.05, 0) is 87.8 Å². The van der Waals surface area contributed by atoms with Crippen molar-refractivity contribution < 1.29 is 9.59 Å². The summed E-state index contributed by atoms with van der Waals surface area (Å²) in [5.74, 6) is -0.260. The van der Waals surface area contributed by atoms with E-state index < -0.39 is 0 Å². The van der Waals surface area contributed by atoms with Crippen LogP contribution in [-0.4, -0.2) is 36.3 Å². The normalized spacial score (nSPS) is 13.7. The average molecular weight is 518 g/mol. The zero-order chi connectivity index (χ0) is 26.0. The van der Waals surface area contributed by atoms with Crippen molar-refractivity contribution in [1.82, 2.24) is 10.2 Å². The third-order valence-corrected chi connectivity index (χ3v) is 8.49. The molecule has 0 aliphatic heterocycles. The fourth-order valence-electron chi connectivity index (χ4n) is 5.12. The molecular weight excluding hydrogens is 478 g/mol. The predicted octanol–water partition coefficient (Wildman–Crippen LogP) is 6.86. The van der Waals surface area contributed by atoms with Gasteiger partial charge in [0, 0.05) is 10.4 Å². The van der Waals surface area contributed by atoms with Gasteiger partial charge in [0.05, 0.1) is 11.6 Å². The molecule has 2 amide bonds. The number of unbranched alkanes of at least 4 members (excludes halogenated alkanes) is 1. The molecule has 2 N–H and O–H groups in total. The van der Waals surface area contributed by atoms with E-state index >= 15 is 0 Å². The highest BCUT2D eigenvalue weighted by molar-refractivity contribution is 7.17. The van der Waals surface area contributed by atoms with Crippen LogP contribution in [-0.2, 0) is 12.8 Å². The maximum atomic E-state index is 13.9. The Hall–Kier alpha value is -2.96. The minimum atomic E-state index is -0.177. The third-order valence-electron chi connectivity index (χ3n) is 7.28. The zero-order valence-electron chi connectivity index (χ0n) is 22.1. The minimum absolute atomic E-state index is 0.0674. The van der Waals surface area contributed by atoms with Crippen molar-refractivity contribution in [3.8, 4) is 0 Å². The lowest BCUT2D eigenvalue weighted by Crippen LogP contribution is -2.30. The molecule has 1 aliphatic carbocycles. The Balaban J connectivity index is 1.54. The molecule has 4 rings (SSSR count). The molecule has 3 aromatic rings. The Morgan fingerprint density at radius 3 is 2.27 bits per heavy atom. The number of hydrogen-bond acceptors (Lipinski definition) is 4. The summed E-state index contributed by atoms with van der Waals surface area (Å²) >= 11 is 1.57. The summed E-state index contributed by atoms with van der Waals surface area (Å²) in [6, 6.07) is 19.4. The van der Waals surface area contributed by atoms with Gasteiger partial charge in [0.2, 0.25) is 0 Å². The van der Waals surface area contributed by atoms with Crippen LogP contribution in [0.4, 0.5) is 5.00 Å². The number of carbonyl (C=O) groups is 2. The van der Waals surface area contributed by atoms with E-state index in [4.69, 9.17) is 0 Å². The maximum Gasteiger partial charge on any atom is 0.256 e. The molecule has 0 bridgehead atoms. The Morgan fingerprint density at radius 1 is 0.892 bits per heavy atom. The lowest BCUT2D eigenvalue weighted by Gasteiger charge is -2.22. The zero-order valence-corrected chi connectivity index (χ0v) is 22.9. The molecule has 1 unspecified atom stereocenters. The fraction of sp³-hybridized carbons (Fsp3) is 0.419. The lowest BCUT2D eigenvalue weighted by molar-refractivity contribution is 0.0934. The van der Waals surface area contributed by atoms with Gasteiger partial charge in [0.1, 0.15) is 5.00 Å². The molecule has 1 heterocycles. The van der Waals surface area contributed by atoms with E-state index in [-0.39, 0.29) is 17.9 Å². The van der Waals surface area contributed by atoms with Crippen LogP contribution in [0.3, 0.4) is 0 Å². The van der Waals surface area contributed by atoms with E-state index in [2.05, 4.69) is 41.5 Å². The van der Waals surface area contributed by atoms with Crippen LogP contribution < -0.4 is 10.6 Å². The number of nitrogens with zero attached hydrogens (tertiary/aromatic N) is 1. The molecular formula is C31H39N3O2S. The molecule has 0 saturated heterocycles. The molecule has 0 spiro atoms. The number of hydrogen-bond donors (Lipinski definition) is 2. The Kier molecular flexibility index (Phi) is 9.92. The topological polar surface area (TPSA) is 61.4 Å². The second-order valence-electron chi connectivity index (χ2n) is 9.69. The van der Waals surface area contributed by atoms with E-state index in [9.17, 15) is 9.59 Å². The fourth-order valence-corrected chi connectivity index (χ4v) is 6.40. The van der Waals surface area contributed by atoms with Crippen molar-refractivity contribution in [2.24, 2.45) is 0 Å². The first kappa shape index (κ1) is 27.1. The molecule has 0 fully saturated rings. The highest BCUT2D eigenvalue weighted by atomic mass is 32.1. The van der Waals surface area contributed by atoms with Gasteiger partial charge in [-0.15, -0.1) is 11.3 Å². The van der Waals surface area contributed by atoms with Gasteiger partial charge in [-0.25, -0.2) is 0 Å². The number of thiophene rings is 1. The van der Waals surface area contributed by atoms with E-state index in [1.165, 1.54) is 4.88 Å². The highest BCUT2D eigenvalue weighted by Gasteiger charge is 2.28. The summed E-state index contributed by atoms with van der Waals surface area (Å²) in [4.78, 5) is 30.5. The SMILES string of the molecule is CCN(CC)CCCCC(NC(=O)c1c(NC(=O)c2ccccc2)sc2c1CCCC2)c1ccccc1. The van der Waals surface area contributed by atoms with Crippen molar-refractivity contribution >= 4 is 28.2 Å². The number of carbonyl (C=O) groups excluding carboxylic acids is 2. The molecule has 1 aliphatic rings. The van der Waals surface area contributed by atoms with Gasteiger partial charge < -0.3 is 15.5 Å². The summed E-state index contributed by atoms with van der Waals surface area (Å²) in [6.45, 7) is 7.61. The number of anilines is 1. The molecule has 6 heteroatoms. The predicted molar refractivity (Wildman–Crippen MR) is 154 cm³/mol.